The van der Waals surface area contributed by atoms with Crippen molar-refractivity contribution in [3.8, 4) is 0 Å². The summed E-state index contributed by atoms with van der Waals surface area (Å²) < 4.78 is 0. The fraction of sp³-hybridized carbons (Fsp3) is 0.533. The van der Waals surface area contributed by atoms with Crippen molar-refractivity contribution in [1.82, 2.24) is 4.90 Å². The van der Waals surface area contributed by atoms with Crippen LogP contribution >= 0.6 is 0 Å². The zero-order chi connectivity index (χ0) is 14.6. The van der Waals surface area contributed by atoms with Crippen LogP contribution in [0.2, 0.25) is 0 Å². The quantitative estimate of drug-likeness (QED) is 0.831. The zero-order valence-electron chi connectivity index (χ0n) is 12.6. The van der Waals surface area contributed by atoms with E-state index in [9.17, 15) is 4.79 Å². The lowest BCUT2D eigenvalue weighted by Crippen LogP contribution is -2.33. The lowest BCUT2D eigenvalue weighted by molar-refractivity contribution is 0.0828. The Morgan fingerprint density at radius 3 is 2.26 bits per heavy atom. The molecule has 0 fully saturated rings. The molecule has 0 aliphatic rings. The van der Waals surface area contributed by atoms with E-state index in [1.54, 1.807) is 25.1 Å². The Hall–Kier alpha value is -1.71. The number of hydrogen-bond acceptors (Lipinski definition) is 3. The van der Waals surface area contributed by atoms with Crippen LogP contribution in [-0.4, -0.2) is 38.0 Å². The number of nitrogens with two attached hydrogens (primary N) is 1. The molecule has 0 spiro atoms. The van der Waals surface area contributed by atoms with Crippen LogP contribution in [0.15, 0.2) is 18.2 Å². The number of nitrogen functional groups attached to an aromatic ring is 1. The Balaban J connectivity index is 3.24. The average molecular weight is 263 g/mol. The largest absolute Gasteiger partial charge is 0.399 e. The van der Waals surface area contributed by atoms with Crippen LogP contribution < -0.4 is 10.6 Å². The van der Waals surface area contributed by atoms with Crippen molar-refractivity contribution < 1.29 is 4.79 Å². The molecule has 0 aliphatic heterocycles. The van der Waals surface area contributed by atoms with Gasteiger partial charge in [-0.05, 0) is 31.0 Å². The van der Waals surface area contributed by atoms with Gasteiger partial charge in [-0.3, -0.25) is 4.79 Å². The van der Waals surface area contributed by atoms with E-state index in [1.807, 2.05) is 19.2 Å². The van der Waals surface area contributed by atoms with Crippen LogP contribution in [0.4, 0.5) is 11.4 Å². The molecule has 0 aliphatic carbocycles. The van der Waals surface area contributed by atoms with Gasteiger partial charge in [0, 0.05) is 32.9 Å². The van der Waals surface area contributed by atoms with Gasteiger partial charge in [0.15, 0.2) is 0 Å². The number of nitrogens with zero attached hydrogens (tertiary/aromatic N) is 2. The van der Waals surface area contributed by atoms with E-state index in [-0.39, 0.29) is 5.91 Å². The smallest absolute Gasteiger partial charge is 0.255 e. The summed E-state index contributed by atoms with van der Waals surface area (Å²) in [7, 11) is 5.55. The first-order valence-corrected chi connectivity index (χ1v) is 6.76. The molecular formula is C15H25N3O. The molecule has 4 nitrogen and oxygen atoms in total. The molecule has 0 bridgehead atoms. The van der Waals surface area contributed by atoms with Crippen molar-refractivity contribution in [2.45, 2.75) is 32.7 Å². The summed E-state index contributed by atoms with van der Waals surface area (Å²) in [4.78, 5) is 16.0. The SMILES string of the molecule is CCC(CC)N(C)c1cc(N)ccc1C(=O)N(C)C. The Morgan fingerprint density at radius 2 is 1.79 bits per heavy atom. The van der Waals surface area contributed by atoms with Crippen molar-refractivity contribution in [2.75, 3.05) is 31.8 Å². The molecule has 1 rings (SSSR count). The summed E-state index contributed by atoms with van der Waals surface area (Å²) in [5.74, 6) is 0.00723. The average Bonchev–Trinajstić information content (AvgIpc) is 2.39. The highest BCUT2D eigenvalue weighted by Crippen LogP contribution is 2.26. The molecule has 4 heteroatoms. The van der Waals surface area contributed by atoms with Crippen LogP contribution in [0.25, 0.3) is 0 Å². The number of benzene rings is 1. The van der Waals surface area contributed by atoms with E-state index in [1.165, 1.54) is 0 Å². The van der Waals surface area contributed by atoms with Crippen LogP contribution in [0.3, 0.4) is 0 Å². The summed E-state index contributed by atoms with van der Waals surface area (Å²) in [5, 5.41) is 0. The van der Waals surface area contributed by atoms with Crippen LogP contribution in [0, 0.1) is 0 Å². The molecule has 0 unspecified atom stereocenters. The second kappa shape index (κ2) is 6.45. The molecule has 0 atom stereocenters. The molecule has 1 aromatic rings. The van der Waals surface area contributed by atoms with Gasteiger partial charge < -0.3 is 15.5 Å². The summed E-state index contributed by atoms with van der Waals surface area (Å²) in [5.41, 5.74) is 8.17. The fourth-order valence-corrected chi connectivity index (χ4v) is 2.30. The highest BCUT2D eigenvalue weighted by atomic mass is 16.2. The number of hydrogen-bond donors (Lipinski definition) is 1. The van der Waals surface area contributed by atoms with Gasteiger partial charge in [0.2, 0.25) is 0 Å². The number of anilines is 2. The maximum Gasteiger partial charge on any atom is 0.255 e. The molecule has 0 heterocycles. The van der Waals surface area contributed by atoms with Crippen LogP contribution in [0.1, 0.15) is 37.0 Å². The van der Waals surface area contributed by atoms with E-state index >= 15 is 0 Å². The monoisotopic (exact) mass is 263 g/mol. The van der Waals surface area contributed by atoms with Gasteiger partial charge in [-0.15, -0.1) is 0 Å². The number of rotatable bonds is 5. The summed E-state index contributed by atoms with van der Waals surface area (Å²) in [6.45, 7) is 4.31. The first-order chi connectivity index (χ1) is 8.92. The predicted molar refractivity (Wildman–Crippen MR) is 81.6 cm³/mol. The Labute approximate surface area is 116 Å². The molecular weight excluding hydrogens is 238 g/mol. The van der Waals surface area contributed by atoms with Crippen molar-refractivity contribution in [1.29, 1.82) is 0 Å². The number of carbonyl (C=O) groups excluding carboxylic acids is 1. The standard InChI is InChI=1S/C15H25N3O/c1-6-12(7-2)18(5)14-10-11(16)8-9-13(14)15(19)17(3)4/h8-10,12H,6-7,16H2,1-5H3. The Morgan fingerprint density at radius 1 is 1.21 bits per heavy atom. The van der Waals surface area contributed by atoms with E-state index in [0.29, 0.717) is 17.3 Å². The molecule has 19 heavy (non-hydrogen) atoms. The fourth-order valence-electron chi connectivity index (χ4n) is 2.30. The minimum atomic E-state index is 0.00723. The second-order valence-corrected chi connectivity index (χ2v) is 5.06. The van der Waals surface area contributed by atoms with Gasteiger partial charge in [-0.25, -0.2) is 0 Å². The third-order valence-corrected chi connectivity index (χ3v) is 3.53. The lowest BCUT2D eigenvalue weighted by Gasteiger charge is -2.30. The van der Waals surface area contributed by atoms with Gasteiger partial charge in [-0.2, -0.15) is 0 Å². The van der Waals surface area contributed by atoms with E-state index < -0.39 is 0 Å². The Kier molecular flexibility index (Phi) is 5.21. The topological polar surface area (TPSA) is 49.6 Å². The summed E-state index contributed by atoms with van der Waals surface area (Å²) in [6, 6.07) is 5.89. The van der Waals surface area contributed by atoms with Gasteiger partial charge in [0.1, 0.15) is 0 Å². The maximum atomic E-state index is 12.2. The molecule has 0 saturated heterocycles. The lowest BCUT2D eigenvalue weighted by atomic mass is 10.1. The van der Waals surface area contributed by atoms with Crippen molar-refractivity contribution in [3.63, 3.8) is 0 Å². The van der Waals surface area contributed by atoms with Crippen molar-refractivity contribution >= 4 is 17.3 Å². The van der Waals surface area contributed by atoms with E-state index in [0.717, 1.165) is 18.5 Å². The predicted octanol–water partition coefficient (Wildman–Crippen LogP) is 2.60. The first-order valence-electron chi connectivity index (χ1n) is 6.76. The van der Waals surface area contributed by atoms with Gasteiger partial charge in [0.25, 0.3) is 5.91 Å². The van der Waals surface area contributed by atoms with Crippen LogP contribution in [0.5, 0.6) is 0 Å². The second-order valence-electron chi connectivity index (χ2n) is 5.06. The van der Waals surface area contributed by atoms with E-state index in [2.05, 4.69) is 18.7 Å². The van der Waals surface area contributed by atoms with Gasteiger partial charge in [0.05, 0.1) is 11.3 Å². The zero-order valence-corrected chi connectivity index (χ0v) is 12.6. The molecule has 1 aromatic carbocycles. The van der Waals surface area contributed by atoms with Crippen LogP contribution in [-0.2, 0) is 0 Å². The first kappa shape index (κ1) is 15.3. The highest BCUT2D eigenvalue weighted by molar-refractivity contribution is 6.00. The van der Waals surface area contributed by atoms with E-state index in [4.69, 9.17) is 5.73 Å². The molecule has 106 valence electrons. The van der Waals surface area contributed by atoms with Crippen molar-refractivity contribution in [2.24, 2.45) is 0 Å². The van der Waals surface area contributed by atoms with Gasteiger partial charge >= 0.3 is 0 Å². The minimum absolute atomic E-state index is 0.00723. The maximum absolute atomic E-state index is 12.2. The normalized spacial score (nSPS) is 10.6. The van der Waals surface area contributed by atoms with Crippen molar-refractivity contribution in [3.05, 3.63) is 23.8 Å². The molecule has 0 saturated carbocycles. The third-order valence-electron chi connectivity index (χ3n) is 3.53. The summed E-state index contributed by atoms with van der Waals surface area (Å²) in [6.07, 6.45) is 2.08. The summed E-state index contributed by atoms with van der Waals surface area (Å²) >= 11 is 0. The Bertz CT molecular complexity index is 439. The third kappa shape index (κ3) is 3.40. The molecule has 0 aromatic heterocycles. The van der Waals surface area contributed by atoms with Gasteiger partial charge in [-0.1, -0.05) is 13.8 Å². The number of amides is 1. The number of carbonyl (C=O) groups is 1. The molecule has 0 radical (unpaired) electrons. The highest BCUT2D eigenvalue weighted by Gasteiger charge is 2.19. The molecule has 1 amide bonds. The minimum Gasteiger partial charge on any atom is -0.399 e. The molecule has 2 N–H and O–H groups in total.